The van der Waals surface area contributed by atoms with Crippen molar-refractivity contribution in [2.24, 2.45) is 5.92 Å². The summed E-state index contributed by atoms with van der Waals surface area (Å²) in [7, 11) is 2.08. The first kappa shape index (κ1) is 25.4. The number of fused-ring (bicyclic) bond motifs is 4. The maximum absolute atomic E-state index is 16.7. The van der Waals surface area contributed by atoms with Crippen LogP contribution in [0.3, 0.4) is 0 Å². The van der Waals surface area contributed by atoms with E-state index >= 15 is 4.39 Å². The van der Waals surface area contributed by atoms with Gasteiger partial charge in [-0.05, 0) is 50.9 Å². The number of piperazine rings is 1. The minimum Gasteiger partial charge on any atom is -0.462 e. The minimum absolute atomic E-state index is 0.200. The topological polar surface area (TPSA) is 103 Å². The zero-order valence-electron chi connectivity index (χ0n) is 22.9. The number of halogens is 1. The molecule has 0 amide bonds. The summed E-state index contributed by atoms with van der Waals surface area (Å²) < 4.78 is 23.7. The molecule has 3 aliphatic rings. The normalized spacial score (nSPS) is 24.4. The van der Waals surface area contributed by atoms with Gasteiger partial charge in [-0.3, -0.25) is 4.90 Å². The van der Waals surface area contributed by atoms with E-state index in [0.29, 0.717) is 63.6 Å². The van der Waals surface area contributed by atoms with E-state index in [9.17, 15) is 5.26 Å². The Hall–Kier alpha value is -3.52. The molecular formula is C30H32FN7OS. The average molecular weight is 558 g/mol. The Morgan fingerprint density at radius 2 is 1.95 bits per heavy atom. The number of anilines is 2. The molecule has 4 atom stereocenters. The zero-order valence-corrected chi connectivity index (χ0v) is 23.7. The number of nitriles is 1. The van der Waals surface area contributed by atoms with Crippen LogP contribution < -0.4 is 20.7 Å². The second-order valence-electron chi connectivity index (χ2n) is 11.5. The lowest BCUT2D eigenvalue weighted by atomic mass is 9.92. The van der Waals surface area contributed by atoms with Crippen LogP contribution in [0.5, 0.6) is 6.01 Å². The number of nitrogens with one attached hydrogen (secondary N) is 1. The quantitative estimate of drug-likeness (QED) is 0.341. The zero-order chi connectivity index (χ0) is 27.7. The molecule has 2 bridgehead atoms. The summed E-state index contributed by atoms with van der Waals surface area (Å²) in [4.78, 5) is 14.9. The van der Waals surface area contributed by atoms with Gasteiger partial charge in [-0.25, -0.2) is 4.39 Å². The summed E-state index contributed by atoms with van der Waals surface area (Å²) in [5.74, 6) is 0.800. The summed E-state index contributed by atoms with van der Waals surface area (Å²) in [5, 5.41) is 14.9. The van der Waals surface area contributed by atoms with Crippen molar-refractivity contribution in [2.75, 3.05) is 43.9 Å². The number of likely N-dealkylation sites (N-methyl/N-ethyl adjacent to an activating group) is 1. The Labute approximate surface area is 236 Å². The SMILES string of the molecule is Cc1sc2ccc(N)c(C#N)c2c1-c1ccc2c(N3CC4CCC(C3)N4)nc(OC[C@@H]3[C@H](C)CN3C)nc2c1F. The van der Waals surface area contributed by atoms with Crippen LogP contribution in [-0.2, 0) is 0 Å². The molecule has 2 aromatic carbocycles. The van der Waals surface area contributed by atoms with E-state index < -0.39 is 5.82 Å². The van der Waals surface area contributed by atoms with Crippen LogP contribution in [0.15, 0.2) is 24.3 Å². The van der Waals surface area contributed by atoms with Crippen molar-refractivity contribution in [3.63, 3.8) is 0 Å². The van der Waals surface area contributed by atoms with Gasteiger partial charge in [0.2, 0.25) is 0 Å². The molecule has 10 heteroatoms. The number of ether oxygens (including phenoxy) is 1. The van der Waals surface area contributed by atoms with E-state index in [0.717, 1.165) is 42.1 Å². The van der Waals surface area contributed by atoms with Crippen LogP contribution in [0, 0.1) is 30.0 Å². The van der Waals surface area contributed by atoms with Gasteiger partial charge in [0, 0.05) is 69.2 Å². The van der Waals surface area contributed by atoms with Gasteiger partial charge in [0.25, 0.3) is 0 Å². The molecule has 4 aromatic rings. The third-order valence-electron chi connectivity index (χ3n) is 8.91. The van der Waals surface area contributed by atoms with Crippen molar-refractivity contribution >= 4 is 43.8 Å². The first-order chi connectivity index (χ1) is 19.3. The average Bonchev–Trinajstić information content (AvgIpc) is 3.45. The van der Waals surface area contributed by atoms with E-state index in [1.165, 1.54) is 11.3 Å². The number of likely N-dealkylation sites (tertiary alicyclic amines) is 1. The fourth-order valence-electron chi connectivity index (χ4n) is 6.82. The lowest BCUT2D eigenvalue weighted by Crippen LogP contribution is -2.55. The van der Waals surface area contributed by atoms with Gasteiger partial charge >= 0.3 is 6.01 Å². The van der Waals surface area contributed by atoms with E-state index in [1.807, 2.05) is 19.1 Å². The Bertz CT molecular complexity index is 1680. The summed E-state index contributed by atoms with van der Waals surface area (Å²) in [6.45, 7) is 7.27. The molecule has 0 radical (unpaired) electrons. The van der Waals surface area contributed by atoms with Crippen molar-refractivity contribution in [3.05, 3.63) is 40.5 Å². The summed E-state index contributed by atoms with van der Waals surface area (Å²) in [6.07, 6.45) is 2.26. The molecule has 40 heavy (non-hydrogen) atoms. The molecular weight excluding hydrogens is 525 g/mol. The van der Waals surface area contributed by atoms with Crippen LogP contribution >= 0.6 is 11.3 Å². The predicted octanol–water partition coefficient (Wildman–Crippen LogP) is 4.68. The molecule has 3 N–H and O–H groups in total. The second-order valence-corrected chi connectivity index (χ2v) is 12.8. The molecule has 3 fully saturated rings. The first-order valence-corrected chi connectivity index (χ1v) is 14.7. The van der Waals surface area contributed by atoms with E-state index in [1.54, 1.807) is 12.1 Å². The van der Waals surface area contributed by atoms with Gasteiger partial charge < -0.3 is 20.7 Å². The third kappa shape index (κ3) is 3.99. The van der Waals surface area contributed by atoms with Crippen LogP contribution in [0.4, 0.5) is 15.9 Å². The fourth-order valence-corrected chi connectivity index (χ4v) is 7.91. The number of rotatable bonds is 5. The number of aromatic nitrogens is 2. The minimum atomic E-state index is -0.438. The second kappa shape index (κ2) is 9.54. The lowest BCUT2D eigenvalue weighted by molar-refractivity contribution is 0.0159. The lowest BCUT2D eigenvalue weighted by Gasteiger charge is -2.43. The molecule has 0 aliphatic carbocycles. The van der Waals surface area contributed by atoms with Crippen molar-refractivity contribution in [2.45, 2.75) is 44.8 Å². The largest absolute Gasteiger partial charge is 0.462 e. The molecule has 206 valence electrons. The Balaban J connectivity index is 1.38. The maximum atomic E-state index is 16.7. The highest BCUT2D eigenvalue weighted by atomic mass is 32.1. The van der Waals surface area contributed by atoms with E-state index in [-0.39, 0.29) is 17.6 Å². The molecule has 7 rings (SSSR count). The number of benzene rings is 2. The molecule has 3 aliphatic heterocycles. The molecule has 0 spiro atoms. The van der Waals surface area contributed by atoms with Crippen molar-refractivity contribution in [1.29, 1.82) is 5.26 Å². The van der Waals surface area contributed by atoms with Crippen molar-refractivity contribution < 1.29 is 9.13 Å². The fraction of sp³-hybridized carbons (Fsp3) is 0.433. The van der Waals surface area contributed by atoms with Gasteiger partial charge in [-0.1, -0.05) is 13.0 Å². The van der Waals surface area contributed by atoms with Gasteiger partial charge in [0.05, 0.1) is 11.3 Å². The van der Waals surface area contributed by atoms with Crippen LogP contribution in [0.25, 0.3) is 32.1 Å². The highest BCUT2D eigenvalue weighted by molar-refractivity contribution is 7.19. The highest BCUT2D eigenvalue weighted by Gasteiger charge is 2.35. The molecule has 2 aromatic heterocycles. The number of nitrogens with zero attached hydrogens (tertiary/aromatic N) is 5. The molecule has 3 saturated heterocycles. The first-order valence-electron chi connectivity index (χ1n) is 13.9. The Morgan fingerprint density at radius 1 is 1.18 bits per heavy atom. The van der Waals surface area contributed by atoms with Gasteiger partial charge in [-0.15, -0.1) is 11.3 Å². The van der Waals surface area contributed by atoms with Gasteiger partial charge in [0.15, 0.2) is 5.82 Å². The summed E-state index contributed by atoms with van der Waals surface area (Å²) in [6, 6.07) is 10.9. The highest BCUT2D eigenvalue weighted by Crippen LogP contribution is 2.44. The maximum Gasteiger partial charge on any atom is 0.319 e. The number of aryl methyl sites for hydroxylation is 1. The van der Waals surface area contributed by atoms with Crippen LogP contribution in [0.2, 0.25) is 0 Å². The van der Waals surface area contributed by atoms with Crippen LogP contribution in [-0.4, -0.2) is 66.3 Å². The number of nitrogens with two attached hydrogens (primary N) is 1. The smallest absolute Gasteiger partial charge is 0.319 e. The number of hydrogen-bond acceptors (Lipinski definition) is 9. The number of nitrogen functional groups attached to an aromatic ring is 1. The summed E-state index contributed by atoms with van der Waals surface area (Å²) in [5.41, 5.74) is 8.26. The Kier molecular flexibility index (Phi) is 6.07. The van der Waals surface area contributed by atoms with Gasteiger partial charge in [-0.2, -0.15) is 15.2 Å². The summed E-state index contributed by atoms with van der Waals surface area (Å²) >= 11 is 1.53. The molecule has 8 nitrogen and oxygen atoms in total. The monoisotopic (exact) mass is 557 g/mol. The third-order valence-corrected chi connectivity index (χ3v) is 9.98. The molecule has 0 saturated carbocycles. The van der Waals surface area contributed by atoms with Crippen molar-refractivity contribution in [1.82, 2.24) is 20.2 Å². The van der Waals surface area contributed by atoms with Crippen LogP contribution in [0.1, 0.15) is 30.2 Å². The Morgan fingerprint density at radius 3 is 2.65 bits per heavy atom. The predicted molar refractivity (Wildman–Crippen MR) is 157 cm³/mol. The van der Waals surface area contributed by atoms with Gasteiger partial charge in [0.1, 0.15) is 24.0 Å². The van der Waals surface area contributed by atoms with E-state index in [2.05, 4.69) is 40.1 Å². The van der Waals surface area contributed by atoms with Crippen molar-refractivity contribution in [3.8, 4) is 23.2 Å². The van der Waals surface area contributed by atoms with E-state index in [4.69, 9.17) is 15.5 Å². The number of hydrogen-bond donors (Lipinski definition) is 2. The molecule has 2 unspecified atom stereocenters. The number of thiophene rings is 1. The molecule has 5 heterocycles. The standard InChI is InChI=1S/C30H32FN7OS/c1-15-11-37(3)23(15)14-39-30-35-28-20(29(36-30)38-12-17-4-5-18(13-38)34-17)7-6-19(27(28)31)25-16(2)40-24-9-8-22(33)21(10-32)26(24)25/h6-9,15,17-18,23,34H,4-5,11-14,33H2,1-3H3/t15-,17?,18?,23-/m1/s1.